The first-order chi connectivity index (χ1) is 9.37. The Morgan fingerprint density at radius 2 is 1.14 bits per heavy atom. The van der Waals surface area contributed by atoms with Gasteiger partial charge in [0.25, 0.3) is 0 Å². The predicted molar refractivity (Wildman–Crippen MR) is 75.1 cm³/mol. The van der Waals surface area contributed by atoms with E-state index < -0.39 is 17.7 Å². The van der Waals surface area contributed by atoms with Crippen molar-refractivity contribution in [2.75, 3.05) is 0 Å². The fourth-order valence-electron chi connectivity index (χ4n) is 0.967. The Bertz CT molecular complexity index is 592. The van der Waals surface area contributed by atoms with Crippen molar-refractivity contribution in [3.8, 4) is 0 Å². The van der Waals surface area contributed by atoms with Crippen LogP contribution in [0, 0.1) is 0 Å². The highest BCUT2D eigenvalue weighted by molar-refractivity contribution is 8.06. The topological polar surface area (TPSA) is 0 Å². The molecule has 0 atom stereocenters. The van der Waals surface area contributed by atoms with Crippen molar-refractivity contribution >= 4 is 11.8 Å². The standard InChI is InChI=1S/C15H15F5S/c1-10(2)6-8-12(4)21-13(5)9-7-11(3)14(16,17)15(18,19)20/h1-5H3. The summed E-state index contributed by atoms with van der Waals surface area (Å²) in [5.41, 5.74) is 9.51. The molecule has 0 aliphatic carbocycles. The van der Waals surface area contributed by atoms with E-state index in [4.69, 9.17) is 0 Å². The van der Waals surface area contributed by atoms with E-state index in [0.717, 1.165) is 17.3 Å². The Morgan fingerprint density at radius 3 is 1.52 bits per heavy atom. The molecular weight excluding hydrogens is 307 g/mol. The molecular formula is C15H15F5S. The van der Waals surface area contributed by atoms with E-state index in [2.05, 4.69) is 17.2 Å². The Morgan fingerprint density at radius 1 is 0.714 bits per heavy atom. The highest BCUT2D eigenvalue weighted by Crippen LogP contribution is 2.40. The first-order valence-corrected chi connectivity index (χ1v) is 6.67. The van der Waals surface area contributed by atoms with Crippen LogP contribution in [0.25, 0.3) is 0 Å². The second-order valence-electron chi connectivity index (χ2n) is 4.41. The van der Waals surface area contributed by atoms with E-state index in [-0.39, 0.29) is 0 Å². The number of rotatable bonds is 3. The van der Waals surface area contributed by atoms with Gasteiger partial charge in [0.15, 0.2) is 0 Å². The van der Waals surface area contributed by atoms with Crippen molar-refractivity contribution < 1.29 is 22.0 Å². The molecule has 6 heteroatoms. The predicted octanol–water partition coefficient (Wildman–Crippen LogP) is 6.15. The highest BCUT2D eigenvalue weighted by Gasteiger charge is 2.58. The van der Waals surface area contributed by atoms with E-state index in [1.807, 2.05) is 19.6 Å². The minimum Gasteiger partial charge on any atom is -0.190 e. The van der Waals surface area contributed by atoms with Gasteiger partial charge in [0.1, 0.15) is 0 Å². The molecule has 0 rings (SSSR count). The van der Waals surface area contributed by atoms with Crippen LogP contribution in [0.5, 0.6) is 0 Å². The minimum absolute atomic E-state index is 0.396. The normalized spacial score (nSPS) is 10.8. The lowest BCUT2D eigenvalue weighted by atomic mass is 10.1. The SMILES string of the molecule is CC(C)=C=C=C(C)SC(C)=C=C=C(C)C(F)(F)C(F)(F)F. The van der Waals surface area contributed by atoms with Crippen LogP contribution in [0.4, 0.5) is 22.0 Å². The third-order valence-electron chi connectivity index (χ3n) is 2.05. The van der Waals surface area contributed by atoms with Crippen LogP contribution in [0.2, 0.25) is 0 Å². The summed E-state index contributed by atoms with van der Waals surface area (Å²) >= 11 is 1.13. The molecule has 0 N–H and O–H groups in total. The molecule has 0 amide bonds. The summed E-state index contributed by atoms with van der Waals surface area (Å²) in [5.74, 6) is -4.90. The zero-order valence-corrected chi connectivity index (χ0v) is 13.1. The first-order valence-electron chi connectivity index (χ1n) is 5.85. The third kappa shape index (κ3) is 6.73. The molecule has 0 bridgehead atoms. The van der Waals surface area contributed by atoms with Crippen LogP contribution in [0.15, 0.2) is 43.9 Å². The fourth-order valence-corrected chi connectivity index (χ4v) is 1.63. The summed E-state index contributed by atoms with van der Waals surface area (Å²) < 4.78 is 62.2. The number of hydrogen-bond donors (Lipinski definition) is 0. The summed E-state index contributed by atoms with van der Waals surface area (Å²) in [6.07, 6.45) is -5.63. The zero-order chi connectivity index (χ0) is 16.8. The molecule has 0 fully saturated rings. The van der Waals surface area contributed by atoms with Gasteiger partial charge in [0.2, 0.25) is 0 Å². The number of hydrogen-bond acceptors (Lipinski definition) is 1. The quantitative estimate of drug-likeness (QED) is 0.444. The van der Waals surface area contributed by atoms with Gasteiger partial charge in [-0.1, -0.05) is 34.7 Å². The van der Waals surface area contributed by atoms with Crippen molar-refractivity contribution in [2.24, 2.45) is 0 Å². The first kappa shape index (κ1) is 19.6. The molecule has 21 heavy (non-hydrogen) atoms. The van der Waals surface area contributed by atoms with Crippen molar-refractivity contribution in [3.05, 3.63) is 43.9 Å². The van der Waals surface area contributed by atoms with Crippen LogP contribution < -0.4 is 0 Å². The third-order valence-corrected chi connectivity index (χ3v) is 2.86. The lowest BCUT2D eigenvalue weighted by Crippen LogP contribution is -2.37. The lowest BCUT2D eigenvalue weighted by Gasteiger charge is -2.18. The summed E-state index contributed by atoms with van der Waals surface area (Å²) in [4.78, 5) is 1.08. The van der Waals surface area contributed by atoms with Crippen molar-refractivity contribution in [1.29, 1.82) is 0 Å². The molecule has 0 saturated carbocycles. The molecule has 0 aliphatic rings. The van der Waals surface area contributed by atoms with Gasteiger partial charge in [-0.15, -0.1) is 0 Å². The number of allylic oxidation sites excluding steroid dienone is 4. The molecule has 0 heterocycles. The Balaban J connectivity index is 5.56. The molecule has 0 nitrogen and oxygen atoms in total. The van der Waals surface area contributed by atoms with E-state index >= 15 is 0 Å². The smallest absolute Gasteiger partial charge is 0.190 e. The molecule has 0 aromatic carbocycles. The van der Waals surface area contributed by atoms with E-state index in [9.17, 15) is 22.0 Å². The van der Waals surface area contributed by atoms with Gasteiger partial charge < -0.3 is 0 Å². The monoisotopic (exact) mass is 322 g/mol. The van der Waals surface area contributed by atoms with Crippen LogP contribution in [-0.4, -0.2) is 12.1 Å². The Labute approximate surface area is 125 Å². The van der Waals surface area contributed by atoms with Crippen molar-refractivity contribution in [3.63, 3.8) is 0 Å². The van der Waals surface area contributed by atoms with Crippen molar-refractivity contribution in [1.82, 2.24) is 0 Å². The Kier molecular flexibility index (Phi) is 7.06. The zero-order valence-electron chi connectivity index (χ0n) is 12.3. The summed E-state index contributed by atoms with van der Waals surface area (Å²) in [6, 6.07) is 0. The highest BCUT2D eigenvalue weighted by atomic mass is 32.2. The van der Waals surface area contributed by atoms with Crippen LogP contribution in [0.3, 0.4) is 0 Å². The van der Waals surface area contributed by atoms with Gasteiger partial charge in [-0.3, -0.25) is 0 Å². The fraction of sp³-hybridized carbons (Fsp3) is 0.467. The maximum absolute atomic E-state index is 12.9. The van der Waals surface area contributed by atoms with Crippen LogP contribution >= 0.6 is 11.8 Å². The molecule has 0 aromatic heterocycles. The second-order valence-corrected chi connectivity index (χ2v) is 5.84. The number of halogens is 5. The Hall–Kier alpha value is -1.40. The van der Waals surface area contributed by atoms with Gasteiger partial charge in [-0.05, 0) is 40.2 Å². The van der Waals surface area contributed by atoms with Gasteiger partial charge >= 0.3 is 12.1 Å². The number of alkyl halides is 5. The van der Waals surface area contributed by atoms with E-state index in [1.165, 1.54) is 6.92 Å². The average molecular weight is 322 g/mol. The minimum atomic E-state index is -5.63. The largest absolute Gasteiger partial charge is 0.458 e. The maximum atomic E-state index is 12.9. The van der Waals surface area contributed by atoms with Gasteiger partial charge in [-0.2, -0.15) is 22.0 Å². The molecule has 0 unspecified atom stereocenters. The summed E-state index contributed by atoms with van der Waals surface area (Å²) in [7, 11) is 0. The van der Waals surface area contributed by atoms with Gasteiger partial charge in [-0.25, -0.2) is 0 Å². The number of thioether (sulfide) groups is 1. The van der Waals surface area contributed by atoms with Crippen LogP contribution in [-0.2, 0) is 0 Å². The summed E-state index contributed by atoms with van der Waals surface area (Å²) in [5, 5.41) is 0. The second kappa shape index (κ2) is 7.56. The lowest BCUT2D eigenvalue weighted by molar-refractivity contribution is -0.264. The van der Waals surface area contributed by atoms with E-state index in [0.29, 0.717) is 16.7 Å². The maximum Gasteiger partial charge on any atom is 0.458 e. The molecule has 0 spiro atoms. The van der Waals surface area contributed by atoms with Crippen LogP contribution in [0.1, 0.15) is 34.6 Å². The molecule has 0 aliphatic heterocycles. The van der Waals surface area contributed by atoms with Crippen molar-refractivity contribution in [2.45, 2.75) is 46.7 Å². The molecule has 0 radical (unpaired) electrons. The molecule has 116 valence electrons. The summed E-state index contributed by atoms with van der Waals surface area (Å²) in [6.45, 7) is 7.58. The average Bonchev–Trinajstić information content (AvgIpc) is 2.31. The molecule has 0 aromatic rings. The van der Waals surface area contributed by atoms with Gasteiger partial charge in [0.05, 0.1) is 5.57 Å². The van der Waals surface area contributed by atoms with E-state index in [1.54, 1.807) is 6.92 Å². The molecule has 0 saturated heterocycles. The van der Waals surface area contributed by atoms with Gasteiger partial charge in [0, 0.05) is 9.81 Å².